The Morgan fingerprint density at radius 3 is 2.69 bits per heavy atom. The smallest absolute Gasteiger partial charge is 0.258 e. The van der Waals surface area contributed by atoms with E-state index in [1.807, 2.05) is 0 Å². The summed E-state index contributed by atoms with van der Waals surface area (Å²) >= 11 is 12.1. The zero-order chi connectivity index (χ0) is 18.7. The summed E-state index contributed by atoms with van der Waals surface area (Å²) in [6.45, 7) is 1.55. The number of halogens is 3. The molecule has 1 atom stereocenters. The summed E-state index contributed by atoms with van der Waals surface area (Å²) in [5, 5.41) is 4.08. The average Bonchev–Trinajstić information content (AvgIpc) is 2.60. The highest BCUT2D eigenvalue weighted by molar-refractivity contribution is 6.38. The molecular weight excluding hydrogens is 380 g/mol. The second-order valence-corrected chi connectivity index (χ2v) is 6.44. The van der Waals surface area contributed by atoms with Crippen LogP contribution < -0.4 is 10.1 Å². The van der Waals surface area contributed by atoms with Crippen molar-refractivity contribution in [1.82, 2.24) is 15.3 Å². The van der Waals surface area contributed by atoms with Gasteiger partial charge >= 0.3 is 0 Å². The topological polar surface area (TPSA) is 64.1 Å². The first-order valence-electron chi connectivity index (χ1n) is 7.71. The number of amides is 1. The SMILES string of the molecule is CC(NC(=O)COc1ncnc2c(Cl)cc(Cl)cc12)c1ccc(F)cc1. The van der Waals surface area contributed by atoms with Gasteiger partial charge < -0.3 is 10.1 Å². The Morgan fingerprint density at radius 1 is 1.23 bits per heavy atom. The lowest BCUT2D eigenvalue weighted by molar-refractivity contribution is -0.123. The van der Waals surface area contributed by atoms with Crippen LogP contribution in [-0.4, -0.2) is 22.5 Å². The largest absolute Gasteiger partial charge is 0.467 e. The molecule has 1 amide bonds. The number of aromatic nitrogens is 2. The average molecular weight is 394 g/mol. The van der Waals surface area contributed by atoms with E-state index in [1.165, 1.54) is 18.5 Å². The molecule has 0 spiro atoms. The number of rotatable bonds is 5. The molecule has 0 bridgehead atoms. The van der Waals surface area contributed by atoms with Gasteiger partial charge in [-0.25, -0.2) is 14.4 Å². The van der Waals surface area contributed by atoms with Crippen molar-refractivity contribution in [3.8, 4) is 5.88 Å². The fourth-order valence-electron chi connectivity index (χ4n) is 2.44. The maximum Gasteiger partial charge on any atom is 0.258 e. The van der Waals surface area contributed by atoms with E-state index in [-0.39, 0.29) is 30.3 Å². The molecule has 134 valence electrons. The molecule has 26 heavy (non-hydrogen) atoms. The van der Waals surface area contributed by atoms with Crippen molar-refractivity contribution in [2.75, 3.05) is 6.61 Å². The summed E-state index contributed by atoms with van der Waals surface area (Å²) in [6.07, 6.45) is 1.30. The summed E-state index contributed by atoms with van der Waals surface area (Å²) in [5.74, 6) is -0.464. The van der Waals surface area contributed by atoms with Crippen molar-refractivity contribution in [2.24, 2.45) is 0 Å². The molecule has 0 aliphatic heterocycles. The summed E-state index contributed by atoms with van der Waals surface area (Å²) in [6, 6.07) is 8.81. The van der Waals surface area contributed by atoms with Crippen molar-refractivity contribution >= 4 is 40.0 Å². The zero-order valence-electron chi connectivity index (χ0n) is 13.7. The molecule has 1 N–H and O–H groups in total. The van der Waals surface area contributed by atoms with Gasteiger partial charge in [-0.1, -0.05) is 35.3 Å². The lowest BCUT2D eigenvalue weighted by atomic mass is 10.1. The molecular formula is C18H14Cl2FN3O2. The number of carbonyl (C=O) groups is 1. The summed E-state index contributed by atoms with van der Waals surface area (Å²) in [5.41, 5.74) is 1.27. The first-order valence-corrected chi connectivity index (χ1v) is 8.47. The van der Waals surface area contributed by atoms with Crippen molar-refractivity contribution in [2.45, 2.75) is 13.0 Å². The minimum atomic E-state index is -0.346. The van der Waals surface area contributed by atoms with Crippen LogP contribution in [0.4, 0.5) is 4.39 Å². The Balaban J connectivity index is 1.68. The third kappa shape index (κ3) is 4.20. The molecule has 5 nitrogen and oxygen atoms in total. The molecule has 1 aromatic heterocycles. The van der Waals surface area contributed by atoms with Crippen LogP contribution >= 0.6 is 23.2 Å². The number of nitrogens with zero attached hydrogens (tertiary/aromatic N) is 2. The summed E-state index contributed by atoms with van der Waals surface area (Å²) in [4.78, 5) is 20.3. The monoisotopic (exact) mass is 393 g/mol. The van der Waals surface area contributed by atoms with E-state index in [4.69, 9.17) is 27.9 Å². The molecule has 3 aromatic rings. The van der Waals surface area contributed by atoms with Crippen molar-refractivity contribution in [3.63, 3.8) is 0 Å². The fourth-order valence-corrected chi connectivity index (χ4v) is 2.98. The van der Waals surface area contributed by atoms with Crippen molar-refractivity contribution in [1.29, 1.82) is 0 Å². The molecule has 0 saturated carbocycles. The quantitative estimate of drug-likeness (QED) is 0.700. The fraction of sp³-hybridized carbons (Fsp3) is 0.167. The summed E-state index contributed by atoms with van der Waals surface area (Å²) < 4.78 is 18.5. The molecule has 0 radical (unpaired) electrons. The van der Waals surface area contributed by atoms with Crippen molar-refractivity contribution < 1.29 is 13.9 Å². The van der Waals surface area contributed by atoms with Gasteiger partial charge in [-0.05, 0) is 36.8 Å². The number of hydrogen-bond donors (Lipinski definition) is 1. The number of benzene rings is 2. The highest BCUT2D eigenvalue weighted by Crippen LogP contribution is 2.30. The first-order chi connectivity index (χ1) is 12.4. The normalized spacial score (nSPS) is 12.0. The number of carbonyl (C=O) groups excluding carboxylic acids is 1. The molecule has 1 heterocycles. The highest BCUT2D eigenvalue weighted by Gasteiger charge is 2.13. The van der Waals surface area contributed by atoms with E-state index in [9.17, 15) is 9.18 Å². The highest BCUT2D eigenvalue weighted by atomic mass is 35.5. The van der Waals surface area contributed by atoms with Gasteiger partial charge in [-0.2, -0.15) is 0 Å². The van der Waals surface area contributed by atoms with Gasteiger partial charge in [0.25, 0.3) is 5.91 Å². The Bertz CT molecular complexity index is 951. The van der Waals surface area contributed by atoms with Gasteiger partial charge in [0.05, 0.1) is 22.0 Å². The zero-order valence-corrected chi connectivity index (χ0v) is 15.2. The molecule has 0 aliphatic carbocycles. The minimum Gasteiger partial charge on any atom is -0.467 e. The second kappa shape index (κ2) is 7.85. The molecule has 1 unspecified atom stereocenters. The van der Waals surface area contributed by atoms with Gasteiger partial charge in [0.2, 0.25) is 5.88 Å². The Kier molecular flexibility index (Phi) is 5.54. The van der Waals surface area contributed by atoms with E-state index in [0.29, 0.717) is 20.9 Å². The lowest BCUT2D eigenvalue weighted by Gasteiger charge is -2.15. The van der Waals surface area contributed by atoms with Crippen LogP contribution in [0.2, 0.25) is 10.0 Å². The Morgan fingerprint density at radius 2 is 1.96 bits per heavy atom. The van der Waals surface area contributed by atoms with Gasteiger partial charge in [-0.15, -0.1) is 0 Å². The maximum absolute atomic E-state index is 13.0. The molecule has 3 rings (SSSR count). The molecule has 0 aliphatic rings. The van der Waals surface area contributed by atoms with Crippen LogP contribution in [0.25, 0.3) is 10.9 Å². The number of nitrogens with one attached hydrogen (secondary N) is 1. The van der Waals surface area contributed by atoms with E-state index >= 15 is 0 Å². The Hall–Kier alpha value is -2.44. The van der Waals surface area contributed by atoms with Crippen LogP contribution in [0.15, 0.2) is 42.7 Å². The first kappa shape index (κ1) is 18.4. The van der Waals surface area contributed by atoms with Crippen LogP contribution in [0.5, 0.6) is 5.88 Å². The van der Waals surface area contributed by atoms with Crippen LogP contribution in [0.1, 0.15) is 18.5 Å². The van der Waals surface area contributed by atoms with Crippen LogP contribution in [-0.2, 0) is 4.79 Å². The van der Waals surface area contributed by atoms with E-state index in [0.717, 1.165) is 5.56 Å². The van der Waals surface area contributed by atoms with Crippen molar-refractivity contribution in [3.05, 3.63) is 64.2 Å². The molecule has 0 saturated heterocycles. The van der Waals surface area contributed by atoms with E-state index in [2.05, 4.69) is 15.3 Å². The van der Waals surface area contributed by atoms with Gasteiger partial charge in [0.15, 0.2) is 6.61 Å². The van der Waals surface area contributed by atoms with Gasteiger partial charge in [0, 0.05) is 5.02 Å². The van der Waals surface area contributed by atoms with E-state index in [1.54, 1.807) is 31.2 Å². The predicted octanol–water partition coefficient (Wildman–Crippen LogP) is 4.33. The van der Waals surface area contributed by atoms with Gasteiger partial charge in [0.1, 0.15) is 12.1 Å². The standard InChI is InChI=1S/C18H14Cl2FN3O2/c1-10(11-2-4-13(21)5-3-11)24-16(25)8-26-18-14-6-12(19)7-15(20)17(14)22-9-23-18/h2-7,9-10H,8H2,1H3,(H,24,25). The predicted molar refractivity (Wildman–Crippen MR) is 98.0 cm³/mol. The Labute approximate surface area is 159 Å². The number of ether oxygens (including phenoxy) is 1. The third-order valence-corrected chi connectivity index (χ3v) is 4.21. The van der Waals surface area contributed by atoms with Gasteiger partial charge in [-0.3, -0.25) is 4.79 Å². The lowest BCUT2D eigenvalue weighted by Crippen LogP contribution is -2.31. The second-order valence-electron chi connectivity index (χ2n) is 5.59. The number of hydrogen-bond acceptors (Lipinski definition) is 4. The maximum atomic E-state index is 13.0. The van der Waals surface area contributed by atoms with Crippen LogP contribution in [0, 0.1) is 5.82 Å². The number of fused-ring (bicyclic) bond motifs is 1. The van der Waals surface area contributed by atoms with E-state index < -0.39 is 0 Å². The molecule has 0 fully saturated rings. The van der Waals surface area contributed by atoms with Crippen LogP contribution in [0.3, 0.4) is 0 Å². The molecule has 8 heteroatoms. The third-order valence-electron chi connectivity index (χ3n) is 3.71. The minimum absolute atomic E-state index is 0.212. The molecule has 2 aromatic carbocycles. The summed E-state index contributed by atoms with van der Waals surface area (Å²) in [7, 11) is 0.